The second-order valence-corrected chi connectivity index (χ2v) is 6.02. The molecule has 0 radical (unpaired) electrons. The van der Waals surface area contributed by atoms with Crippen LogP contribution in [-0.2, 0) is 4.74 Å². The van der Waals surface area contributed by atoms with Gasteiger partial charge in [-0.3, -0.25) is 9.72 Å². The molecule has 1 N–H and O–H groups in total. The third kappa shape index (κ3) is 2.77. The van der Waals surface area contributed by atoms with Gasteiger partial charge in [0.05, 0.1) is 4.88 Å². The van der Waals surface area contributed by atoms with E-state index < -0.39 is 12.2 Å². The van der Waals surface area contributed by atoms with E-state index in [0.29, 0.717) is 15.9 Å². The molecule has 0 aliphatic heterocycles. The first-order chi connectivity index (χ1) is 10.6. The highest BCUT2D eigenvalue weighted by Crippen LogP contribution is 2.31. The molecule has 1 aromatic carbocycles. The molecule has 0 bridgehead atoms. The van der Waals surface area contributed by atoms with Crippen LogP contribution >= 0.6 is 22.9 Å². The number of amides is 1. The summed E-state index contributed by atoms with van der Waals surface area (Å²) in [6.45, 7) is 3.70. The van der Waals surface area contributed by atoms with Crippen LogP contribution in [0.15, 0.2) is 30.3 Å². The van der Waals surface area contributed by atoms with Gasteiger partial charge < -0.3 is 4.74 Å². The summed E-state index contributed by atoms with van der Waals surface area (Å²) < 4.78 is 7.15. The second-order valence-electron chi connectivity index (χ2n) is 4.68. The van der Waals surface area contributed by atoms with Gasteiger partial charge in [0.2, 0.25) is 10.2 Å². The molecule has 8 heteroatoms. The molecule has 0 aliphatic carbocycles. The van der Waals surface area contributed by atoms with Gasteiger partial charge in [0, 0.05) is 11.4 Å². The summed E-state index contributed by atoms with van der Waals surface area (Å²) in [6.07, 6.45) is -0.917. The van der Waals surface area contributed by atoms with Crippen molar-refractivity contribution >= 4 is 39.7 Å². The number of anilines is 1. The fourth-order valence-corrected chi connectivity index (χ4v) is 3.48. The van der Waals surface area contributed by atoms with E-state index in [2.05, 4.69) is 15.5 Å². The Morgan fingerprint density at radius 1 is 1.36 bits per heavy atom. The number of nitrogens with zero attached hydrogens (tertiary/aromatic N) is 3. The Labute approximate surface area is 135 Å². The Hall–Kier alpha value is -2.12. The van der Waals surface area contributed by atoms with Crippen molar-refractivity contribution in [1.29, 1.82) is 0 Å². The lowest BCUT2D eigenvalue weighted by molar-refractivity contribution is 0.122. The first kappa shape index (κ1) is 14.8. The average molecular weight is 337 g/mol. The predicted molar refractivity (Wildman–Crippen MR) is 85.6 cm³/mol. The number of fused-ring (bicyclic) bond motifs is 1. The molecule has 6 nitrogen and oxygen atoms in total. The Morgan fingerprint density at radius 3 is 2.77 bits per heavy atom. The summed E-state index contributed by atoms with van der Waals surface area (Å²) in [5.41, 5.74) is 1.56. The van der Waals surface area contributed by atoms with Gasteiger partial charge in [-0.2, -0.15) is 0 Å². The van der Waals surface area contributed by atoms with Gasteiger partial charge in [-0.05, 0) is 37.6 Å². The van der Waals surface area contributed by atoms with Crippen molar-refractivity contribution < 1.29 is 9.53 Å². The minimum Gasteiger partial charge on any atom is -0.440 e. The number of nitrogens with one attached hydrogen (secondary N) is 1. The van der Waals surface area contributed by atoms with Crippen LogP contribution in [0.3, 0.4) is 0 Å². The Bertz CT molecular complexity index is 815. The molecular weight excluding hydrogens is 324 g/mol. The van der Waals surface area contributed by atoms with Crippen molar-refractivity contribution in [3.63, 3.8) is 0 Å². The van der Waals surface area contributed by atoms with Crippen molar-refractivity contribution in [2.45, 2.75) is 20.0 Å². The number of aromatic nitrogens is 3. The Balaban J connectivity index is 1.74. The molecule has 3 rings (SSSR count). The van der Waals surface area contributed by atoms with E-state index in [-0.39, 0.29) is 0 Å². The van der Waals surface area contributed by atoms with E-state index in [0.717, 1.165) is 10.6 Å². The summed E-state index contributed by atoms with van der Waals surface area (Å²) in [5, 5.41) is 10.8. The molecule has 2 heterocycles. The minimum atomic E-state index is -0.506. The zero-order valence-corrected chi connectivity index (χ0v) is 13.5. The summed E-state index contributed by atoms with van der Waals surface area (Å²) >= 11 is 7.39. The highest BCUT2D eigenvalue weighted by atomic mass is 35.5. The number of para-hydroxylation sites is 1. The van der Waals surface area contributed by atoms with E-state index in [1.165, 1.54) is 11.3 Å². The van der Waals surface area contributed by atoms with Crippen molar-refractivity contribution in [2.24, 2.45) is 0 Å². The number of carbonyl (C=O) groups is 1. The lowest BCUT2D eigenvalue weighted by Gasteiger charge is -2.13. The number of hydrogen-bond donors (Lipinski definition) is 1. The molecule has 114 valence electrons. The SMILES string of the molecule is Cc1c(C(C)OC(=O)Nc2ccccc2)sc2nnc(Cl)n12. The fraction of sp³-hybridized carbons (Fsp3) is 0.214. The highest BCUT2D eigenvalue weighted by Gasteiger charge is 2.21. The monoisotopic (exact) mass is 336 g/mol. The van der Waals surface area contributed by atoms with Crippen molar-refractivity contribution in [2.75, 3.05) is 5.32 Å². The van der Waals surface area contributed by atoms with E-state index in [9.17, 15) is 4.79 Å². The molecule has 3 aromatic rings. The highest BCUT2D eigenvalue weighted by molar-refractivity contribution is 7.17. The van der Waals surface area contributed by atoms with Crippen LogP contribution in [-0.4, -0.2) is 20.7 Å². The molecule has 0 saturated heterocycles. The summed E-state index contributed by atoms with van der Waals surface area (Å²) in [5.74, 6) is 0. The quantitative estimate of drug-likeness (QED) is 0.783. The van der Waals surface area contributed by atoms with Gasteiger partial charge in [-0.1, -0.05) is 29.5 Å². The largest absolute Gasteiger partial charge is 0.440 e. The van der Waals surface area contributed by atoms with E-state index in [1.54, 1.807) is 16.5 Å². The molecule has 22 heavy (non-hydrogen) atoms. The summed E-state index contributed by atoms with van der Waals surface area (Å²) in [6, 6.07) is 9.14. The Kier molecular flexibility index (Phi) is 4.00. The Morgan fingerprint density at radius 2 is 2.09 bits per heavy atom. The van der Waals surface area contributed by atoms with Crippen LogP contribution < -0.4 is 5.32 Å². The number of halogens is 1. The number of thiazole rings is 1. The molecule has 1 unspecified atom stereocenters. The normalized spacial score (nSPS) is 12.3. The number of carbonyl (C=O) groups excluding carboxylic acids is 1. The number of rotatable bonds is 3. The maximum atomic E-state index is 11.9. The average Bonchev–Trinajstić information content (AvgIpc) is 3.01. The maximum absolute atomic E-state index is 11.9. The summed E-state index contributed by atoms with van der Waals surface area (Å²) in [4.78, 5) is 13.5. The van der Waals surface area contributed by atoms with E-state index in [4.69, 9.17) is 16.3 Å². The minimum absolute atomic E-state index is 0.302. The van der Waals surface area contributed by atoms with Crippen molar-refractivity contribution in [3.8, 4) is 0 Å². The lowest BCUT2D eigenvalue weighted by Crippen LogP contribution is -2.16. The van der Waals surface area contributed by atoms with Gasteiger partial charge >= 0.3 is 6.09 Å². The molecule has 1 amide bonds. The number of aryl methyl sites for hydroxylation is 1. The maximum Gasteiger partial charge on any atom is 0.412 e. The molecule has 0 saturated carbocycles. The van der Waals surface area contributed by atoms with E-state index >= 15 is 0 Å². The van der Waals surface area contributed by atoms with Crippen LogP contribution in [0.2, 0.25) is 5.28 Å². The van der Waals surface area contributed by atoms with Crippen molar-refractivity contribution in [3.05, 3.63) is 46.2 Å². The van der Waals surface area contributed by atoms with Crippen LogP contribution in [0.4, 0.5) is 10.5 Å². The molecular formula is C14H13ClN4O2S. The summed E-state index contributed by atoms with van der Waals surface area (Å²) in [7, 11) is 0. The molecule has 0 fully saturated rings. The van der Waals surface area contributed by atoms with Gasteiger partial charge in [0.25, 0.3) is 0 Å². The number of benzene rings is 1. The molecule has 1 atom stereocenters. The van der Waals surface area contributed by atoms with Crippen LogP contribution in [0.5, 0.6) is 0 Å². The van der Waals surface area contributed by atoms with Gasteiger partial charge in [0.1, 0.15) is 6.10 Å². The van der Waals surface area contributed by atoms with Gasteiger partial charge in [0.15, 0.2) is 0 Å². The molecule has 2 aromatic heterocycles. The zero-order valence-electron chi connectivity index (χ0n) is 11.9. The van der Waals surface area contributed by atoms with Gasteiger partial charge in [-0.25, -0.2) is 4.79 Å². The molecule has 0 aliphatic rings. The van der Waals surface area contributed by atoms with Gasteiger partial charge in [-0.15, -0.1) is 10.2 Å². The third-order valence-electron chi connectivity index (χ3n) is 3.16. The van der Waals surface area contributed by atoms with Crippen molar-refractivity contribution in [1.82, 2.24) is 14.6 Å². The standard InChI is InChI=1S/C14H13ClN4O2S/c1-8-11(22-13-18-17-12(15)19(8)13)9(2)21-14(20)16-10-6-4-3-5-7-10/h3-7,9H,1-2H3,(H,16,20). The number of ether oxygens (including phenoxy) is 1. The first-order valence-corrected chi connectivity index (χ1v) is 7.78. The lowest BCUT2D eigenvalue weighted by atomic mass is 10.3. The van der Waals surface area contributed by atoms with Crippen LogP contribution in [0, 0.1) is 6.92 Å². The fourth-order valence-electron chi connectivity index (χ4n) is 2.14. The third-order valence-corrected chi connectivity index (χ3v) is 4.70. The topological polar surface area (TPSA) is 68.5 Å². The predicted octanol–water partition coefficient (Wildman–Crippen LogP) is 4.06. The molecule has 0 spiro atoms. The van der Waals surface area contributed by atoms with E-state index in [1.807, 2.05) is 32.0 Å². The second kappa shape index (κ2) is 5.94. The number of hydrogen-bond acceptors (Lipinski definition) is 5. The first-order valence-electron chi connectivity index (χ1n) is 6.59. The smallest absolute Gasteiger partial charge is 0.412 e. The zero-order chi connectivity index (χ0) is 15.7. The van der Waals surface area contributed by atoms with Crippen LogP contribution in [0.25, 0.3) is 4.96 Å². The van der Waals surface area contributed by atoms with Crippen LogP contribution in [0.1, 0.15) is 23.6 Å².